The van der Waals surface area contributed by atoms with E-state index in [1.807, 2.05) is 0 Å². The maximum atomic E-state index is 12.5. The molecule has 134 valence electrons. The maximum Gasteiger partial charge on any atom is 0.337 e. The average Bonchev–Trinajstić information content (AvgIpc) is 2.57. The van der Waals surface area contributed by atoms with Gasteiger partial charge in [-0.25, -0.2) is 4.79 Å². The number of carbonyl (C=O) groups is 1. The zero-order valence-corrected chi connectivity index (χ0v) is 14.3. The Kier molecular flexibility index (Phi) is 5.26. The summed E-state index contributed by atoms with van der Waals surface area (Å²) in [6.45, 7) is 4.74. The monoisotopic (exact) mass is 348 g/mol. The molecule has 0 radical (unpaired) electrons. The number of hydrogen-bond acceptors (Lipinski definition) is 8. The summed E-state index contributed by atoms with van der Waals surface area (Å²) in [5.74, 6) is 5.49. The van der Waals surface area contributed by atoms with Crippen molar-refractivity contribution >= 4 is 16.9 Å². The molecule has 0 bridgehead atoms. The van der Waals surface area contributed by atoms with Crippen LogP contribution in [0.3, 0.4) is 0 Å². The zero-order chi connectivity index (χ0) is 18.7. The molecule has 0 aromatic carbocycles. The van der Waals surface area contributed by atoms with Crippen molar-refractivity contribution in [2.24, 2.45) is 5.73 Å². The largest absolute Gasteiger partial charge is 0.458 e. The molecule has 0 fully saturated rings. The molecule has 0 aliphatic carbocycles. The smallest absolute Gasteiger partial charge is 0.337 e. The lowest BCUT2D eigenvalue weighted by molar-refractivity contribution is -0.114. The Morgan fingerprint density at radius 3 is 2.60 bits per heavy atom. The van der Waals surface area contributed by atoms with Gasteiger partial charge in [-0.1, -0.05) is 13.8 Å². The highest BCUT2D eigenvalue weighted by Gasteiger charge is 2.17. The molecule has 4 N–H and O–H groups in total. The number of aryl methyl sites for hydroxylation is 1. The van der Waals surface area contributed by atoms with Gasteiger partial charge in [0.25, 0.3) is 5.56 Å². The van der Waals surface area contributed by atoms with Gasteiger partial charge >= 0.3 is 11.6 Å². The lowest BCUT2D eigenvalue weighted by Crippen LogP contribution is -2.31. The second-order valence-electron chi connectivity index (χ2n) is 5.40. The Labute approximate surface area is 142 Å². The molecule has 9 nitrogen and oxygen atoms in total. The van der Waals surface area contributed by atoms with E-state index in [1.165, 1.54) is 13.0 Å². The summed E-state index contributed by atoms with van der Waals surface area (Å²) in [6.07, 6.45) is 0.900. The first-order valence-electron chi connectivity index (χ1n) is 7.76. The van der Waals surface area contributed by atoms with Crippen LogP contribution < -0.4 is 27.5 Å². The lowest BCUT2D eigenvalue weighted by Gasteiger charge is -2.12. The van der Waals surface area contributed by atoms with Crippen molar-refractivity contribution in [2.75, 3.05) is 12.4 Å². The topological polar surface area (TPSA) is 143 Å². The Balaban J connectivity index is 2.54. The number of fused-ring (bicyclic) bond motifs is 1. The van der Waals surface area contributed by atoms with Gasteiger partial charge in [-0.15, -0.1) is 0 Å². The summed E-state index contributed by atoms with van der Waals surface area (Å²) in [4.78, 5) is 39.7. The van der Waals surface area contributed by atoms with Crippen LogP contribution in [-0.2, 0) is 11.2 Å². The van der Waals surface area contributed by atoms with Crippen molar-refractivity contribution in [3.63, 3.8) is 0 Å². The molecule has 9 heteroatoms. The molecule has 0 atom stereocenters. The maximum absolute atomic E-state index is 12.5. The summed E-state index contributed by atoms with van der Waals surface area (Å²) in [5, 5.41) is 0.118. The van der Waals surface area contributed by atoms with Crippen LogP contribution in [0.4, 0.5) is 0 Å². The van der Waals surface area contributed by atoms with Crippen LogP contribution >= 0.6 is 0 Å². The quantitative estimate of drug-likeness (QED) is 0.557. The van der Waals surface area contributed by atoms with E-state index < -0.39 is 11.2 Å². The Morgan fingerprint density at radius 1 is 1.36 bits per heavy atom. The number of rotatable bonds is 6. The SMILES string of the molecule is CCC(N)=C(COc1nc2oc(=O)cc(CC)c2c(=O)n1N)C(C)=O. The van der Waals surface area contributed by atoms with Crippen LogP contribution in [0.1, 0.15) is 32.8 Å². The van der Waals surface area contributed by atoms with Crippen LogP contribution in [0.25, 0.3) is 11.1 Å². The molecular weight excluding hydrogens is 328 g/mol. The number of ketones is 1. The van der Waals surface area contributed by atoms with Crippen LogP contribution in [-0.4, -0.2) is 22.1 Å². The molecule has 2 rings (SSSR count). The van der Waals surface area contributed by atoms with Gasteiger partial charge in [-0.3, -0.25) is 9.59 Å². The first-order valence-corrected chi connectivity index (χ1v) is 7.76. The summed E-state index contributed by atoms with van der Waals surface area (Å²) in [6, 6.07) is 0.946. The number of carbonyl (C=O) groups excluding carboxylic acids is 1. The van der Waals surface area contributed by atoms with Crippen molar-refractivity contribution in [1.82, 2.24) is 9.66 Å². The lowest BCUT2D eigenvalue weighted by atomic mass is 10.1. The number of aromatic nitrogens is 2. The third kappa shape index (κ3) is 3.54. The number of nitrogens with zero attached hydrogens (tertiary/aromatic N) is 2. The van der Waals surface area contributed by atoms with Crippen LogP contribution in [0.5, 0.6) is 6.01 Å². The summed E-state index contributed by atoms with van der Waals surface area (Å²) >= 11 is 0. The Bertz CT molecular complexity index is 971. The standard InChI is InChI=1S/C16H20N4O5/c1-4-9-6-12(22)25-14-13(9)15(23)20(18)16(19-14)24-7-10(8(3)21)11(17)5-2/h6H,4-5,7,17-18H2,1-3H3. The normalized spacial score (nSPS) is 12.1. The van der Waals surface area contributed by atoms with E-state index in [2.05, 4.69) is 4.98 Å². The predicted molar refractivity (Wildman–Crippen MR) is 91.7 cm³/mol. The molecule has 2 aromatic heterocycles. The van der Waals surface area contributed by atoms with E-state index in [0.29, 0.717) is 28.8 Å². The van der Waals surface area contributed by atoms with Gasteiger partial charge in [0, 0.05) is 11.8 Å². The number of allylic oxidation sites excluding steroid dienone is 1. The van der Waals surface area contributed by atoms with Gasteiger partial charge in [0.2, 0.25) is 5.71 Å². The van der Waals surface area contributed by atoms with Crippen molar-refractivity contribution in [3.8, 4) is 6.01 Å². The molecule has 0 spiro atoms. The van der Waals surface area contributed by atoms with E-state index in [0.717, 1.165) is 0 Å². The second kappa shape index (κ2) is 7.20. The number of ether oxygens (including phenoxy) is 1. The molecule has 2 heterocycles. The summed E-state index contributed by atoms with van der Waals surface area (Å²) in [5.41, 5.74) is 5.51. The van der Waals surface area contributed by atoms with Crippen LogP contribution in [0.15, 0.2) is 31.3 Å². The van der Waals surface area contributed by atoms with E-state index in [4.69, 9.17) is 20.7 Å². The Hall–Kier alpha value is -3.10. The third-order valence-corrected chi connectivity index (χ3v) is 3.78. The predicted octanol–water partition coefficient (Wildman–Crippen LogP) is 0.217. The van der Waals surface area contributed by atoms with Crippen molar-refractivity contribution in [1.29, 1.82) is 0 Å². The van der Waals surface area contributed by atoms with Gasteiger partial charge < -0.3 is 20.7 Å². The highest BCUT2D eigenvalue weighted by Crippen LogP contribution is 2.15. The number of nitrogens with two attached hydrogens (primary N) is 2. The Morgan fingerprint density at radius 2 is 2.04 bits per heavy atom. The van der Waals surface area contributed by atoms with Gasteiger partial charge in [-0.05, 0) is 25.3 Å². The first-order chi connectivity index (χ1) is 11.8. The fourth-order valence-electron chi connectivity index (χ4n) is 2.33. The molecule has 0 amide bonds. The minimum Gasteiger partial charge on any atom is -0.458 e. The third-order valence-electron chi connectivity index (χ3n) is 3.78. The van der Waals surface area contributed by atoms with Crippen molar-refractivity contribution in [3.05, 3.63) is 43.7 Å². The molecular formula is C16H20N4O5. The van der Waals surface area contributed by atoms with Crippen LogP contribution in [0, 0.1) is 0 Å². The minimum absolute atomic E-state index is 0.118. The molecule has 0 saturated carbocycles. The first kappa shape index (κ1) is 18.2. The number of nitrogen functional groups attached to an aromatic ring is 1. The number of hydrogen-bond donors (Lipinski definition) is 2. The summed E-state index contributed by atoms with van der Waals surface area (Å²) in [7, 11) is 0. The second-order valence-corrected chi connectivity index (χ2v) is 5.40. The highest BCUT2D eigenvalue weighted by molar-refractivity contribution is 5.94. The van der Waals surface area contributed by atoms with Gasteiger partial charge in [0.05, 0.1) is 5.57 Å². The molecule has 25 heavy (non-hydrogen) atoms. The van der Waals surface area contributed by atoms with E-state index in [-0.39, 0.29) is 35.1 Å². The fourth-order valence-corrected chi connectivity index (χ4v) is 2.33. The molecule has 0 unspecified atom stereocenters. The van der Waals surface area contributed by atoms with Crippen molar-refractivity contribution in [2.45, 2.75) is 33.6 Å². The fraction of sp³-hybridized carbons (Fsp3) is 0.375. The molecule has 0 aliphatic rings. The van der Waals surface area contributed by atoms with Gasteiger partial charge in [0.1, 0.15) is 12.0 Å². The van der Waals surface area contributed by atoms with E-state index in [1.54, 1.807) is 13.8 Å². The molecule has 0 saturated heterocycles. The van der Waals surface area contributed by atoms with Gasteiger partial charge in [-0.2, -0.15) is 9.66 Å². The minimum atomic E-state index is -0.628. The highest BCUT2D eigenvalue weighted by atomic mass is 16.5. The van der Waals surface area contributed by atoms with Gasteiger partial charge in [0.15, 0.2) is 5.78 Å². The number of Topliss-reactive ketones (excluding diaryl/α,β-unsaturated/α-hetero) is 1. The zero-order valence-electron chi connectivity index (χ0n) is 14.3. The van der Waals surface area contributed by atoms with Crippen molar-refractivity contribution < 1.29 is 13.9 Å². The van der Waals surface area contributed by atoms with E-state index in [9.17, 15) is 14.4 Å². The van der Waals surface area contributed by atoms with Crippen LogP contribution in [0.2, 0.25) is 0 Å². The van der Waals surface area contributed by atoms with E-state index >= 15 is 0 Å². The molecule has 0 aliphatic heterocycles. The molecule has 2 aromatic rings. The average molecular weight is 348 g/mol. The summed E-state index contributed by atoms with van der Waals surface area (Å²) < 4.78 is 11.1.